The van der Waals surface area contributed by atoms with Gasteiger partial charge in [0.2, 0.25) is 5.91 Å². The third-order valence-electron chi connectivity index (χ3n) is 3.88. The maximum atomic E-state index is 13.1. The van der Waals surface area contributed by atoms with Gasteiger partial charge in [-0.2, -0.15) is 0 Å². The zero-order chi connectivity index (χ0) is 18.6. The molecule has 2 aromatic rings. The van der Waals surface area contributed by atoms with Gasteiger partial charge in [-0.1, -0.05) is 12.1 Å². The molecule has 9 heteroatoms. The molecule has 0 saturated carbocycles. The van der Waals surface area contributed by atoms with Crippen LogP contribution in [0, 0.1) is 18.2 Å². The topological polar surface area (TPSA) is 110 Å². The standard InChI is InChI=1S/C16H20FN5O3/c1-10-19-20-21-22(10)13(8-11-4-6-12(17)7-5-11)14(23)18-9-16(2,3)15(24)25/h4-7,13H,8-9H2,1-3H3,(H,18,23)(H,24,25). The number of nitrogens with one attached hydrogen (secondary N) is 1. The fourth-order valence-corrected chi connectivity index (χ4v) is 2.16. The maximum Gasteiger partial charge on any atom is 0.310 e. The van der Waals surface area contributed by atoms with Gasteiger partial charge in [0.05, 0.1) is 5.41 Å². The van der Waals surface area contributed by atoms with Gasteiger partial charge in [0.15, 0.2) is 0 Å². The van der Waals surface area contributed by atoms with Crippen LogP contribution in [0.1, 0.15) is 31.3 Å². The van der Waals surface area contributed by atoms with E-state index in [1.807, 2.05) is 0 Å². The van der Waals surface area contributed by atoms with E-state index >= 15 is 0 Å². The Kier molecular flexibility index (Phi) is 5.45. The largest absolute Gasteiger partial charge is 0.481 e. The second kappa shape index (κ2) is 7.37. The number of carbonyl (C=O) groups excluding carboxylic acids is 1. The first-order valence-electron chi connectivity index (χ1n) is 7.71. The van der Waals surface area contributed by atoms with Gasteiger partial charge in [0.1, 0.15) is 17.7 Å². The Balaban J connectivity index is 2.20. The zero-order valence-electron chi connectivity index (χ0n) is 14.2. The molecule has 0 fully saturated rings. The fourth-order valence-electron chi connectivity index (χ4n) is 2.16. The average molecular weight is 349 g/mol. The molecule has 1 aromatic carbocycles. The summed E-state index contributed by atoms with van der Waals surface area (Å²) in [4.78, 5) is 23.8. The average Bonchev–Trinajstić information content (AvgIpc) is 2.98. The highest BCUT2D eigenvalue weighted by Crippen LogP contribution is 2.18. The summed E-state index contributed by atoms with van der Waals surface area (Å²) in [6.07, 6.45) is 0.242. The Bertz CT molecular complexity index is 757. The molecule has 0 saturated heterocycles. The summed E-state index contributed by atoms with van der Waals surface area (Å²) >= 11 is 0. The number of carboxylic acids is 1. The summed E-state index contributed by atoms with van der Waals surface area (Å²) in [7, 11) is 0. The number of hydrogen-bond donors (Lipinski definition) is 2. The number of amides is 1. The molecular formula is C16H20FN5O3. The lowest BCUT2D eigenvalue weighted by atomic mass is 9.93. The molecule has 0 aliphatic carbocycles. The SMILES string of the molecule is Cc1nnnn1C(Cc1ccc(F)cc1)C(=O)NCC(C)(C)C(=O)O. The van der Waals surface area contributed by atoms with Crippen molar-refractivity contribution >= 4 is 11.9 Å². The molecule has 1 heterocycles. The molecule has 1 aromatic heterocycles. The first-order chi connectivity index (χ1) is 11.7. The second-order valence-corrected chi connectivity index (χ2v) is 6.42. The first kappa shape index (κ1) is 18.5. The number of carbonyl (C=O) groups is 2. The van der Waals surface area contributed by atoms with E-state index in [1.165, 1.54) is 30.7 Å². The van der Waals surface area contributed by atoms with Crippen molar-refractivity contribution in [2.24, 2.45) is 5.41 Å². The number of rotatable bonds is 7. The lowest BCUT2D eigenvalue weighted by Gasteiger charge is -2.22. The molecule has 1 atom stereocenters. The van der Waals surface area contributed by atoms with Crippen LogP contribution < -0.4 is 5.32 Å². The van der Waals surface area contributed by atoms with Crippen LogP contribution in [0.4, 0.5) is 4.39 Å². The fraction of sp³-hybridized carbons (Fsp3) is 0.438. The molecule has 0 radical (unpaired) electrons. The van der Waals surface area contributed by atoms with Crippen LogP contribution in [-0.2, 0) is 16.0 Å². The number of benzene rings is 1. The number of carboxylic acid groups (broad SMARTS) is 1. The minimum atomic E-state index is -1.11. The van der Waals surface area contributed by atoms with E-state index in [4.69, 9.17) is 5.11 Å². The van der Waals surface area contributed by atoms with Gasteiger partial charge in [0.25, 0.3) is 0 Å². The Labute approximate surface area is 144 Å². The summed E-state index contributed by atoms with van der Waals surface area (Å²) in [6, 6.07) is 5.01. The number of aliphatic carboxylic acids is 1. The molecule has 2 rings (SSSR count). The Morgan fingerprint density at radius 1 is 1.32 bits per heavy atom. The molecule has 134 valence electrons. The summed E-state index contributed by atoms with van der Waals surface area (Å²) in [5.41, 5.74) is -0.375. The monoisotopic (exact) mass is 349 g/mol. The predicted molar refractivity (Wildman–Crippen MR) is 86.1 cm³/mol. The second-order valence-electron chi connectivity index (χ2n) is 6.42. The zero-order valence-corrected chi connectivity index (χ0v) is 14.2. The quantitative estimate of drug-likeness (QED) is 0.775. The maximum absolute atomic E-state index is 13.1. The van der Waals surface area contributed by atoms with Crippen molar-refractivity contribution in [1.29, 1.82) is 0 Å². The van der Waals surface area contributed by atoms with Gasteiger partial charge in [-0.15, -0.1) is 5.10 Å². The van der Waals surface area contributed by atoms with Crippen molar-refractivity contribution in [3.8, 4) is 0 Å². The van der Waals surface area contributed by atoms with Crippen molar-refractivity contribution in [2.45, 2.75) is 33.2 Å². The van der Waals surface area contributed by atoms with Crippen LogP contribution in [0.2, 0.25) is 0 Å². The van der Waals surface area contributed by atoms with Crippen LogP contribution in [0.3, 0.4) is 0 Å². The van der Waals surface area contributed by atoms with Crippen LogP contribution >= 0.6 is 0 Å². The van der Waals surface area contributed by atoms with Gasteiger partial charge < -0.3 is 10.4 Å². The third kappa shape index (κ3) is 4.59. The molecule has 1 unspecified atom stereocenters. The number of aromatic nitrogens is 4. The highest BCUT2D eigenvalue weighted by Gasteiger charge is 2.30. The van der Waals surface area contributed by atoms with Crippen LogP contribution in [0.5, 0.6) is 0 Å². The lowest BCUT2D eigenvalue weighted by Crippen LogP contribution is -2.42. The lowest BCUT2D eigenvalue weighted by molar-refractivity contribution is -0.146. The highest BCUT2D eigenvalue weighted by molar-refractivity contribution is 5.82. The molecule has 0 aliphatic rings. The Hall–Kier alpha value is -2.84. The third-order valence-corrected chi connectivity index (χ3v) is 3.88. The number of tetrazole rings is 1. The predicted octanol–water partition coefficient (Wildman–Crippen LogP) is 1.13. The molecule has 2 N–H and O–H groups in total. The van der Waals surface area contributed by atoms with E-state index in [1.54, 1.807) is 19.1 Å². The smallest absolute Gasteiger partial charge is 0.310 e. The summed E-state index contributed by atoms with van der Waals surface area (Å²) in [5, 5.41) is 23.0. The molecule has 0 aliphatic heterocycles. The van der Waals surface area contributed by atoms with Crippen LogP contribution in [-0.4, -0.2) is 43.7 Å². The highest BCUT2D eigenvalue weighted by atomic mass is 19.1. The number of hydrogen-bond acceptors (Lipinski definition) is 5. The van der Waals surface area contributed by atoms with Crippen molar-refractivity contribution in [2.75, 3.05) is 6.54 Å². The first-order valence-corrected chi connectivity index (χ1v) is 7.71. The minimum Gasteiger partial charge on any atom is -0.481 e. The van der Waals surface area contributed by atoms with Gasteiger partial charge in [-0.05, 0) is 48.9 Å². The van der Waals surface area contributed by atoms with Crippen LogP contribution in [0.15, 0.2) is 24.3 Å². The van der Waals surface area contributed by atoms with Crippen molar-refractivity contribution in [3.63, 3.8) is 0 Å². The van der Waals surface area contributed by atoms with Gasteiger partial charge in [0, 0.05) is 13.0 Å². The van der Waals surface area contributed by atoms with E-state index in [9.17, 15) is 14.0 Å². The van der Waals surface area contributed by atoms with E-state index in [0.717, 1.165) is 5.56 Å². The van der Waals surface area contributed by atoms with E-state index < -0.39 is 23.3 Å². The van der Waals surface area contributed by atoms with E-state index in [2.05, 4.69) is 20.8 Å². The van der Waals surface area contributed by atoms with Crippen molar-refractivity contribution < 1.29 is 19.1 Å². The Morgan fingerprint density at radius 3 is 2.48 bits per heavy atom. The summed E-state index contributed by atoms with van der Waals surface area (Å²) < 4.78 is 14.4. The van der Waals surface area contributed by atoms with Gasteiger partial charge in [-0.3, -0.25) is 9.59 Å². The van der Waals surface area contributed by atoms with Gasteiger partial charge in [-0.25, -0.2) is 9.07 Å². The number of aryl methyl sites for hydroxylation is 1. The van der Waals surface area contributed by atoms with Crippen molar-refractivity contribution in [3.05, 3.63) is 41.5 Å². The van der Waals surface area contributed by atoms with Crippen LogP contribution in [0.25, 0.3) is 0 Å². The summed E-state index contributed by atoms with van der Waals surface area (Å²) in [6.45, 7) is 4.66. The molecule has 8 nitrogen and oxygen atoms in total. The number of nitrogens with zero attached hydrogens (tertiary/aromatic N) is 4. The molecule has 0 spiro atoms. The molecule has 25 heavy (non-hydrogen) atoms. The molecular weight excluding hydrogens is 329 g/mol. The number of halogens is 1. The van der Waals surface area contributed by atoms with E-state index in [0.29, 0.717) is 5.82 Å². The van der Waals surface area contributed by atoms with Gasteiger partial charge >= 0.3 is 5.97 Å². The normalized spacial score (nSPS) is 12.6. The molecule has 0 bridgehead atoms. The van der Waals surface area contributed by atoms with Crippen molar-refractivity contribution in [1.82, 2.24) is 25.5 Å². The Morgan fingerprint density at radius 2 is 1.96 bits per heavy atom. The van der Waals surface area contributed by atoms with E-state index in [-0.39, 0.29) is 18.8 Å². The molecule has 1 amide bonds. The summed E-state index contributed by atoms with van der Waals surface area (Å²) in [5.74, 6) is -1.35. The minimum absolute atomic E-state index is 0.0394.